The van der Waals surface area contributed by atoms with Crippen LogP contribution < -0.4 is 5.73 Å². The second-order valence-electron chi connectivity index (χ2n) is 4.54. The van der Waals surface area contributed by atoms with Crippen LogP contribution in [-0.2, 0) is 4.79 Å². The summed E-state index contributed by atoms with van der Waals surface area (Å²) in [6.07, 6.45) is 0.628. The van der Waals surface area contributed by atoms with Crippen molar-refractivity contribution in [1.29, 1.82) is 0 Å². The van der Waals surface area contributed by atoms with E-state index >= 15 is 0 Å². The molecule has 2 aliphatic rings. The lowest BCUT2D eigenvalue weighted by molar-refractivity contribution is -0.145. The number of hydrazine groups is 1. The average molecular weight is 212 g/mol. The third-order valence-electron chi connectivity index (χ3n) is 3.34. The highest BCUT2D eigenvalue weighted by atomic mass is 16.2. The monoisotopic (exact) mass is 212 g/mol. The molecular weight excluding hydrogens is 192 g/mol. The maximum absolute atomic E-state index is 11.7. The molecule has 2 rings (SSSR count). The van der Waals surface area contributed by atoms with Gasteiger partial charge < -0.3 is 10.6 Å². The molecule has 5 nitrogen and oxygen atoms in total. The Kier molecular flexibility index (Phi) is 3.23. The molecule has 2 heterocycles. The molecule has 1 atom stereocenters. The van der Waals surface area contributed by atoms with Crippen LogP contribution in [0.5, 0.6) is 0 Å². The zero-order valence-electron chi connectivity index (χ0n) is 9.35. The highest BCUT2D eigenvalue weighted by molar-refractivity contribution is 5.78. The fraction of sp³-hybridized carbons (Fsp3) is 0.900. The minimum absolute atomic E-state index is 0.245. The highest BCUT2D eigenvalue weighted by Gasteiger charge is 2.33. The molecule has 2 fully saturated rings. The number of hydrogen-bond acceptors (Lipinski definition) is 4. The quantitative estimate of drug-likeness (QED) is 0.635. The Bertz CT molecular complexity index is 238. The van der Waals surface area contributed by atoms with Crippen LogP contribution in [0.2, 0.25) is 0 Å². The molecule has 15 heavy (non-hydrogen) atoms. The van der Waals surface area contributed by atoms with E-state index in [0.717, 1.165) is 32.7 Å². The van der Waals surface area contributed by atoms with Gasteiger partial charge in [-0.15, -0.1) is 0 Å². The first kappa shape index (κ1) is 10.9. The van der Waals surface area contributed by atoms with Gasteiger partial charge >= 0.3 is 0 Å². The number of carbonyl (C=O) groups is 1. The molecule has 0 aromatic carbocycles. The van der Waals surface area contributed by atoms with E-state index in [9.17, 15) is 4.79 Å². The van der Waals surface area contributed by atoms with E-state index in [-0.39, 0.29) is 5.91 Å². The zero-order valence-corrected chi connectivity index (χ0v) is 9.35. The van der Waals surface area contributed by atoms with Crippen molar-refractivity contribution in [2.45, 2.75) is 6.42 Å². The molecule has 2 aliphatic heterocycles. The lowest BCUT2D eigenvalue weighted by Gasteiger charge is -2.38. The Balaban J connectivity index is 1.91. The van der Waals surface area contributed by atoms with Crippen molar-refractivity contribution in [3.63, 3.8) is 0 Å². The Hall–Kier alpha value is -0.650. The number of nitrogens with two attached hydrogens (primary N) is 1. The number of amides is 1. The third kappa shape index (κ3) is 2.30. The first-order valence-electron chi connectivity index (χ1n) is 5.64. The van der Waals surface area contributed by atoms with Crippen LogP contribution in [0.1, 0.15) is 6.42 Å². The lowest BCUT2D eigenvalue weighted by atomic mass is 10.1. The van der Waals surface area contributed by atoms with Gasteiger partial charge in [0.05, 0.1) is 0 Å². The van der Waals surface area contributed by atoms with E-state index in [0.29, 0.717) is 18.9 Å². The van der Waals surface area contributed by atoms with Gasteiger partial charge in [-0.05, 0) is 19.5 Å². The SMILES string of the molecule is CN1CCN(N2CC(CN)CC2=O)CC1. The Morgan fingerprint density at radius 1 is 1.33 bits per heavy atom. The predicted molar refractivity (Wildman–Crippen MR) is 57.9 cm³/mol. The molecule has 0 aromatic heterocycles. The molecule has 2 saturated heterocycles. The van der Waals surface area contributed by atoms with E-state index in [1.165, 1.54) is 0 Å². The Morgan fingerprint density at radius 2 is 2.00 bits per heavy atom. The van der Waals surface area contributed by atoms with Crippen LogP contribution in [0.3, 0.4) is 0 Å². The maximum atomic E-state index is 11.7. The van der Waals surface area contributed by atoms with Crippen molar-refractivity contribution >= 4 is 5.91 Å². The lowest BCUT2D eigenvalue weighted by Crippen LogP contribution is -2.53. The summed E-state index contributed by atoms with van der Waals surface area (Å²) in [5, 5.41) is 4.09. The number of carbonyl (C=O) groups excluding carboxylic acids is 1. The fourth-order valence-electron chi connectivity index (χ4n) is 2.23. The number of likely N-dealkylation sites (N-methyl/N-ethyl adjacent to an activating group) is 1. The summed E-state index contributed by atoms with van der Waals surface area (Å²) < 4.78 is 0. The van der Waals surface area contributed by atoms with Gasteiger partial charge in [-0.25, -0.2) is 5.01 Å². The van der Waals surface area contributed by atoms with Gasteiger partial charge in [0.25, 0.3) is 0 Å². The van der Waals surface area contributed by atoms with Gasteiger partial charge in [0.1, 0.15) is 0 Å². The average Bonchev–Trinajstić information content (AvgIpc) is 2.61. The van der Waals surface area contributed by atoms with Gasteiger partial charge in [0, 0.05) is 39.1 Å². The van der Waals surface area contributed by atoms with Gasteiger partial charge in [0.15, 0.2) is 0 Å². The highest BCUT2D eigenvalue weighted by Crippen LogP contribution is 2.19. The van der Waals surface area contributed by atoms with E-state index in [1.54, 1.807) is 0 Å². The molecule has 0 radical (unpaired) electrons. The molecule has 86 valence electrons. The van der Waals surface area contributed by atoms with Gasteiger partial charge in [-0.2, -0.15) is 0 Å². The molecule has 0 saturated carbocycles. The van der Waals surface area contributed by atoms with Crippen molar-refractivity contribution < 1.29 is 4.79 Å². The predicted octanol–water partition coefficient (Wildman–Crippen LogP) is -1.04. The molecule has 2 N–H and O–H groups in total. The van der Waals surface area contributed by atoms with E-state index in [4.69, 9.17) is 5.73 Å². The Labute approximate surface area is 90.8 Å². The van der Waals surface area contributed by atoms with Gasteiger partial charge in [-0.3, -0.25) is 9.80 Å². The summed E-state index contributed by atoms with van der Waals surface area (Å²) in [7, 11) is 2.12. The van der Waals surface area contributed by atoms with Crippen molar-refractivity contribution in [3.05, 3.63) is 0 Å². The van der Waals surface area contributed by atoms with Crippen LogP contribution in [0.4, 0.5) is 0 Å². The van der Waals surface area contributed by atoms with Gasteiger partial charge in [0.2, 0.25) is 5.91 Å². The molecule has 1 unspecified atom stereocenters. The standard InChI is InChI=1S/C10H20N4O/c1-12-2-4-13(5-3-12)14-8-9(7-11)6-10(14)15/h9H,2-8,11H2,1H3. The molecule has 5 heteroatoms. The first-order chi connectivity index (χ1) is 7.20. The summed E-state index contributed by atoms with van der Waals surface area (Å²) in [5.41, 5.74) is 5.60. The minimum Gasteiger partial charge on any atom is -0.330 e. The minimum atomic E-state index is 0.245. The second kappa shape index (κ2) is 4.47. The molecule has 0 aliphatic carbocycles. The number of nitrogens with zero attached hydrogens (tertiary/aromatic N) is 3. The van der Waals surface area contributed by atoms with E-state index in [2.05, 4.69) is 17.0 Å². The summed E-state index contributed by atoms with van der Waals surface area (Å²) in [6.45, 7) is 5.43. The Morgan fingerprint density at radius 3 is 2.53 bits per heavy atom. The van der Waals surface area contributed by atoms with Crippen LogP contribution in [0.15, 0.2) is 0 Å². The summed E-state index contributed by atoms with van der Waals surface area (Å²) >= 11 is 0. The van der Waals surface area contributed by atoms with Crippen LogP contribution in [0, 0.1) is 5.92 Å². The third-order valence-corrected chi connectivity index (χ3v) is 3.34. The summed E-state index contributed by atoms with van der Waals surface area (Å²) in [4.78, 5) is 14.0. The molecule has 0 bridgehead atoms. The number of hydrogen-bond donors (Lipinski definition) is 1. The van der Waals surface area contributed by atoms with Crippen LogP contribution in [-0.4, -0.2) is 67.1 Å². The fourth-order valence-corrected chi connectivity index (χ4v) is 2.23. The largest absolute Gasteiger partial charge is 0.330 e. The summed E-state index contributed by atoms with van der Waals surface area (Å²) in [6, 6.07) is 0. The van der Waals surface area contributed by atoms with E-state index in [1.807, 2.05) is 5.01 Å². The zero-order chi connectivity index (χ0) is 10.8. The first-order valence-corrected chi connectivity index (χ1v) is 5.64. The van der Waals surface area contributed by atoms with Crippen molar-refractivity contribution in [3.8, 4) is 0 Å². The smallest absolute Gasteiger partial charge is 0.237 e. The molecule has 1 amide bonds. The number of rotatable bonds is 2. The van der Waals surface area contributed by atoms with E-state index < -0.39 is 0 Å². The molecular formula is C10H20N4O. The summed E-state index contributed by atoms with van der Waals surface area (Å²) in [5.74, 6) is 0.604. The maximum Gasteiger partial charge on any atom is 0.237 e. The van der Waals surface area contributed by atoms with Crippen molar-refractivity contribution in [2.75, 3.05) is 46.3 Å². The van der Waals surface area contributed by atoms with Crippen LogP contribution in [0.25, 0.3) is 0 Å². The topological polar surface area (TPSA) is 52.8 Å². The van der Waals surface area contributed by atoms with Crippen LogP contribution >= 0.6 is 0 Å². The number of piperazine rings is 1. The molecule has 0 spiro atoms. The molecule has 0 aromatic rings. The van der Waals surface area contributed by atoms with Crippen molar-refractivity contribution in [1.82, 2.24) is 14.9 Å². The second-order valence-corrected chi connectivity index (χ2v) is 4.54. The normalized spacial score (nSPS) is 30.1. The van der Waals surface area contributed by atoms with Gasteiger partial charge in [-0.1, -0.05) is 0 Å². The van der Waals surface area contributed by atoms with Crippen molar-refractivity contribution in [2.24, 2.45) is 11.7 Å².